The zero-order valence-corrected chi connectivity index (χ0v) is 15.9. The number of hydrogen-bond acceptors (Lipinski definition) is 0. The van der Waals surface area contributed by atoms with E-state index in [-0.39, 0.29) is 4.83 Å². The summed E-state index contributed by atoms with van der Waals surface area (Å²) in [5.41, 5.74) is 3.75. The first-order valence-corrected chi connectivity index (χ1v) is 9.02. The lowest BCUT2D eigenvalue weighted by Gasteiger charge is -2.15. The van der Waals surface area contributed by atoms with Gasteiger partial charge in [-0.3, -0.25) is 0 Å². The summed E-state index contributed by atoms with van der Waals surface area (Å²) in [6, 6.07) is 19.1. The summed E-state index contributed by atoms with van der Waals surface area (Å²) >= 11 is 12.3. The van der Waals surface area contributed by atoms with Gasteiger partial charge >= 0.3 is 0 Å². The highest BCUT2D eigenvalue weighted by atomic mass is 127. The van der Waals surface area contributed by atoms with Crippen LogP contribution in [-0.4, -0.2) is 0 Å². The van der Waals surface area contributed by atoms with E-state index in [1.54, 1.807) is 0 Å². The van der Waals surface area contributed by atoms with Gasteiger partial charge < -0.3 is 0 Å². The van der Waals surface area contributed by atoms with Gasteiger partial charge in [-0.25, -0.2) is 0 Å². The van der Waals surface area contributed by atoms with Crippen molar-refractivity contribution in [3.63, 3.8) is 0 Å². The maximum Gasteiger partial charge on any atom is 0.0651 e. The summed E-state index contributed by atoms with van der Waals surface area (Å²) in [4.78, 5) is 0.137. The minimum Gasteiger partial charge on any atom is -0.0832 e. The number of fused-ring (bicyclic) bond motifs is 1. The molecular formula is C18H13BrClI. The highest BCUT2D eigenvalue weighted by molar-refractivity contribution is 14.1. The molecular weight excluding hydrogens is 458 g/mol. The number of rotatable bonds is 2. The fourth-order valence-corrected chi connectivity index (χ4v) is 3.75. The number of hydrogen-bond donors (Lipinski definition) is 0. The topological polar surface area (TPSA) is 0 Å². The summed E-state index contributed by atoms with van der Waals surface area (Å²) < 4.78 is 1.08. The first-order valence-electron chi connectivity index (χ1n) is 6.65. The van der Waals surface area contributed by atoms with E-state index in [0.29, 0.717) is 0 Å². The number of aryl methyl sites for hydroxylation is 1. The average molecular weight is 472 g/mol. The average Bonchev–Trinajstić information content (AvgIpc) is 2.50. The maximum absolute atomic E-state index is 6.26. The third-order valence-electron chi connectivity index (χ3n) is 3.69. The third-order valence-corrected chi connectivity index (χ3v) is 6.28. The molecule has 3 aromatic rings. The Balaban J connectivity index is 2.15. The Morgan fingerprint density at radius 1 is 1.00 bits per heavy atom. The van der Waals surface area contributed by atoms with Gasteiger partial charge in [0.25, 0.3) is 0 Å². The van der Waals surface area contributed by atoms with Crippen LogP contribution in [0.4, 0.5) is 0 Å². The first kappa shape index (κ1) is 15.3. The molecule has 1 atom stereocenters. The number of halogens is 3. The van der Waals surface area contributed by atoms with Crippen LogP contribution in [0.2, 0.25) is 5.02 Å². The second-order valence-corrected chi connectivity index (χ2v) is 7.54. The fraction of sp³-hybridized carbons (Fsp3) is 0.111. The van der Waals surface area contributed by atoms with Gasteiger partial charge in [0, 0.05) is 3.57 Å². The SMILES string of the molecule is Cc1ccc(C(Br)c2ccc(I)c(Cl)c2)c2ccccc12. The van der Waals surface area contributed by atoms with Crippen molar-refractivity contribution in [2.24, 2.45) is 0 Å². The molecule has 3 rings (SSSR count). The molecule has 0 aliphatic carbocycles. The van der Waals surface area contributed by atoms with Crippen molar-refractivity contribution >= 4 is 60.9 Å². The second-order valence-electron chi connectivity index (χ2n) is 5.05. The highest BCUT2D eigenvalue weighted by Gasteiger charge is 2.15. The summed E-state index contributed by atoms with van der Waals surface area (Å²) in [6.07, 6.45) is 0. The lowest BCUT2D eigenvalue weighted by atomic mass is 9.96. The molecule has 0 fully saturated rings. The van der Waals surface area contributed by atoms with Crippen LogP contribution in [0.1, 0.15) is 21.5 Å². The summed E-state index contributed by atoms with van der Waals surface area (Å²) in [6.45, 7) is 2.15. The molecule has 0 spiro atoms. The van der Waals surface area contributed by atoms with E-state index < -0.39 is 0 Å². The van der Waals surface area contributed by atoms with Gasteiger partial charge in [-0.05, 0) is 69.1 Å². The van der Waals surface area contributed by atoms with E-state index in [4.69, 9.17) is 11.6 Å². The lowest BCUT2D eigenvalue weighted by Crippen LogP contribution is -1.95. The van der Waals surface area contributed by atoms with Gasteiger partial charge in [0.2, 0.25) is 0 Å². The van der Waals surface area contributed by atoms with Gasteiger partial charge in [0.05, 0.1) is 9.85 Å². The van der Waals surface area contributed by atoms with E-state index in [2.05, 4.69) is 94.0 Å². The Morgan fingerprint density at radius 3 is 2.43 bits per heavy atom. The Labute approximate surface area is 151 Å². The zero-order chi connectivity index (χ0) is 15.0. The molecule has 0 N–H and O–H groups in total. The molecule has 0 aliphatic rings. The number of alkyl halides is 1. The molecule has 3 heteroatoms. The van der Waals surface area contributed by atoms with Crippen LogP contribution in [-0.2, 0) is 0 Å². The summed E-state index contributed by atoms with van der Waals surface area (Å²) in [5, 5.41) is 3.39. The summed E-state index contributed by atoms with van der Waals surface area (Å²) in [5.74, 6) is 0. The van der Waals surface area contributed by atoms with Gasteiger partial charge in [-0.2, -0.15) is 0 Å². The lowest BCUT2D eigenvalue weighted by molar-refractivity contribution is 1.19. The van der Waals surface area contributed by atoms with Crippen LogP contribution in [0.25, 0.3) is 10.8 Å². The molecule has 21 heavy (non-hydrogen) atoms. The number of benzene rings is 3. The molecule has 0 aliphatic heterocycles. The molecule has 1 unspecified atom stereocenters. The van der Waals surface area contributed by atoms with Crippen molar-refractivity contribution in [1.82, 2.24) is 0 Å². The summed E-state index contributed by atoms with van der Waals surface area (Å²) in [7, 11) is 0. The molecule has 0 radical (unpaired) electrons. The van der Waals surface area contributed by atoms with Crippen LogP contribution in [0, 0.1) is 10.5 Å². The van der Waals surface area contributed by atoms with Gasteiger partial charge in [-0.15, -0.1) is 0 Å². The molecule has 106 valence electrons. The van der Waals surface area contributed by atoms with Crippen molar-refractivity contribution < 1.29 is 0 Å². The van der Waals surface area contributed by atoms with Crippen molar-refractivity contribution in [1.29, 1.82) is 0 Å². The van der Waals surface area contributed by atoms with Crippen molar-refractivity contribution in [3.8, 4) is 0 Å². The van der Waals surface area contributed by atoms with Gasteiger partial charge in [0.15, 0.2) is 0 Å². The molecule has 0 bridgehead atoms. The van der Waals surface area contributed by atoms with Crippen LogP contribution in [0.15, 0.2) is 54.6 Å². The molecule has 0 saturated heterocycles. The maximum atomic E-state index is 6.26. The Kier molecular flexibility index (Phi) is 4.57. The molecule has 0 amide bonds. The standard InChI is InChI=1S/C18H13BrClI/c1-11-6-8-15(14-5-3-2-4-13(11)14)18(19)12-7-9-17(21)16(20)10-12/h2-10,18H,1H3. The van der Waals surface area contributed by atoms with Crippen molar-refractivity contribution in [3.05, 3.63) is 79.9 Å². The first-order chi connectivity index (χ1) is 10.1. The minimum atomic E-state index is 0.137. The van der Waals surface area contributed by atoms with Crippen LogP contribution >= 0.6 is 50.1 Å². The molecule has 3 aromatic carbocycles. The van der Waals surface area contributed by atoms with Gasteiger partial charge in [0.1, 0.15) is 0 Å². The van der Waals surface area contributed by atoms with Crippen LogP contribution in [0.3, 0.4) is 0 Å². The normalized spacial score (nSPS) is 12.6. The predicted molar refractivity (Wildman–Crippen MR) is 104 cm³/mol. The highest BCUT2D eigenvalue weighted by Crippen LogP contribution is 2.37. The molecule has 0 nitrogen and oxygen atoms in total. The van der Waals surface area contributed by atoms with Crippen LogP contribution in [0.5, 0.6) is 0 Å². The minimum absolute atomic E-state index is 0.137. The van der Waals surface area contributed by atoms with Gasteiger partial charge in [-0.1, -0.05) is 70.0 Å². The monoisotopic (exact) mass is 470 g/mol. The largest absolute Gasteiger partial charge is 0.0832 e. The smallest absolute Gasteiger partial charge is 0.0651 e. The molecule has 0 aromatic heterocycles. The van der Waals surface area contributed by atoms with E-state index in [1.165, 1.54) is 27.5 Å². The third kappa shape index (κ3) is 2.99. The van der Waals surface area contributed by atoms with Crippen molar-refractivity contribution in [2.45, 2.75) is 11.8 Å². The molecule has 0 heterocycles. The molecule has 0 saturated carbocycles. The fourth-order valence-electron chi connectivity index (χ4n) is 2.54. The van der Waals surface area contributed by atoms with E-state index in [1.807, 2.05) is 6.07 Å². The predicted octanol–water partition coefficient (Wildman–Crippen LogP) is 6.89. The quantitative estimate of drug-likeness (QED) is 0.282. The van der Waals surface area contributed by atoms with E-state index in [0.717, 1.165) is 8.59 Å². The Bertz CT molecular complexity index is 813. The van der Waals surface area contributed by atoms with Crippen LogP contribution < -0.4 is 0 Å². The van der Waals surface area contributed by atoms with E-state index in [9.17, 15) is 0 Å². The van der Waals surface area contributed by atoms with Crippen molar-refractivity contribution in [2.75, 3.05) is 0 Å². The van der Waals surface area contributed by atoms with E-state index >= 15 is 0 Å². The Morgan fingerprint density at radius 2 is 1.71 bits per heavy atom. The Hall–Kier alpha value is -0.580. The second kappa shape index (κ2) is 6.27. The zero-order valence-electron chi connectivity index (χ0n) is 11.4.